The van der Waals surface area contributed by atoms with E-state index in [0.717, 1.165) is 16.6 Å². The van der Waals surface area contributed by atoms with E-state index in [1.165, 1.54) is 11.1 Å². The van der Waals surface area contributed by atoms with Crippen molar-refractivity contribution >= 4 is 17.7 Å². The summed E-state index contributed by atoms with van der Waals surface area (Å²) in [6.07, 6.45) is 0. The number of aryl methyl sites for hydroxylation is 1. The molecule has 0 aliphatic heterocycles. The molecule has 0 unspecified atom stereocenters. The first-order valence-corrected chi connectivity index (χ1v) is 10.1. The summed E-state index contributed by atoms with van der Waals surface area (Å²) in [6.45, 7) is 6.54. The van der Waals surface area contributed by atoms with Crippen LogP contribution in [-0.4, -0.2) is 33.5 Å². The van der Waals surface area contributed by atoms with Crippen LogP contribution in [0.1, 0.15) is 34.2 Å². The summed E-state index contributed by atoms with van der Waals surface area (Å²) in [7, 11) is 1.60. The van der Waals surface area contributed by atoms with E-state index in [2.05, 4.69) is 48.4 Å². The van der Waals surface area contributed by atoms with Crippen molar-refractivity contribution in [1.29, 1.82) is 0 Å². The maximum atomic E-state index is 12.5. The minimum Gasteiger partial charge on any atom is -0.497 e. The fourth-order valence-corrected chi connectivity index (χ4v) is 3.55. The van der Waals surface area contributed by atoms with Gasteiger partial charge in [0, 0.05) is 5.56 Å². The molecule has 0 radical (unpaired) electrons. The Morgan fingerprint density at radius 3 is 2.57 bits per heavy atom. The normalized spacial score (nSPS) is 10.7. The highest BCUT2D eigenvalue weighted by Gasteiger charge is 2.17. The van der Waals surface area contributed by atoms with Crippen LogP contribution in [0.15, 0.2) is 47.6 Å². The summed E-state index contributed by atoms with van der Waals surface area (Å²) >= 11 is 1.63. The number of nitrogens with zero attached hydrogens (tertiary/aromatic N) is 3. The largest absolute Gasteiger partial charge is 0.497 e. The van der Waals surface area contributed by atoms with Gasteiger partial charge in [0.15, 0.2) is 11.0 Å². The topological polar surface area (TPSA) is 69.0 Å². The molecule has 1 N–H and O–H groups in total. The lowest BCUT2D eigenvalue weighted by atomic mass is 10.1. The Morgan fingerprint density at radius 1 is 1.14 bits per heavy atom. The fraction of sp³-hybridized carbons (Fsp3) is 0.286. The molecule has 2 aromatic carbocycles. The predicted octanol–water partition coefficient (Wildman–Crippen LogP) is 3.93. The molecule has 3 aromatic rings. The predicted molar refractivity (Wildman–Crippen MR) is 111 cm³/mol. The number of rotatable bonds is 7. The molecule has 1 aromatic heterocycles. The second-order valence-corrected chi connectivity index (χ2v) is 7.53. The molecular weight excluding hydrogens is 372 g/mol. The Bertz CT molecular complexity index is 967. The maximum absolute atomic E-state index is 12.5. The van der Waals surface area contributed by atoms with E-state index >= 15 is 0 Å². The zero-order chi connectivity index (χ0) is 20.1. The monoisotopic (exact) mass is 396 g/mol. The third kappa shape index (κ3) is 4.20. The van der Waals surface area contributed by atoms with Crippen LogP contribution in [0.2, 0.25) is 0 Å². The van der Waals surface area contributed by atoms with E-state index < -0.39 is 0 Å². The van der Waals surface area contributed by atoms with Crippen LogP contribution in [0.5, 0.6) is 5.75 Å². The van der Waals surface area contributed by atoms with Gasteiger partial charge in [0.05, 0.1) is 19.3 Å². The van der Waals surface area contributed by atoms with Crippen molar-refractivity contribution in [2.24, 2.45) is 0 Å². The summed E-state index contributed by atoms with van der Waals surface area (Å²) in [5.74, 6) is 2.14. The number of hydrogen-bond donors (Lipinski definition) is 1. The highest BCUT2D eigenvalue weighted by atomic mass is 32.2. The van der Waals surface area contributed by atoms with Crippen molar-refractivity contribution in [2.45, 2.75) is 32.5 Å². The van der Waals surface area contributed by atoms with Crippen molar-refractivity contribution in [3.05, 3.63) is 65.0 Å². The van der Waals surface area contributed by atoms with Gasteiger partial charge in [-0.25, -0.2) is 0 Å². The Morgan fingerprint density at radius 2 is 1.89 bits per heavy atom. The molecule has 0 saturated carbocycles. The number of methoxy groups -OCH3 is 1. The minimum absolute atomic E-state index is 0.164. The van der Waals surface area contributed by atoms with Gasteiger partial charge < -0.3 is 10.1 Å². The van der Waals surface area contributed by atoms with Gasteiger partial charge in [-0.2, -0.15) is 0 Å². The van der Waals surface area contributed by atoms with Crippen LogP contribution in [0.4, 0.5) is 0 Å². The van der Waals surface area contributed by atoms with Crippen molar-refractivity contribution in [3.8, 4) is 11.4 Å². The van der Waals surface area contributed by atoms with Crippen molar-refractivity contribution in [3.63, 3.8) is 0 Å². The highest BCUT2D eigenvalue weighted by Crippen LogP contribution is 2.25. The number of aromatic nitrogens is 3. The van der Waals surface area contributed by atoms with E-state index in [4.69, 9.17) is 4.74 Å². The molecule has 6 nitrogen and oxygen atoms in total. The molecule has 0 bridgehead atoms. The number of ether oxygens (including phenoxy) is 1. The fourth-order valence-electron chi connectivity index (χ4n) is 2.86. The van der Waals surface area contributed by atoms with E-state index in [9.17, 15) is 4.79 Å². The van der Waals surface area contributed by atoms with Gasteiger partial charge in [-0.15, -0.1) is 10.2 Å². The molecule has 0 fully saturated rings. The van der Waals surface area contributed by atoms with Gasteiger partial charge in [0.25, 0.3) is 5.91 Å². The molecule has 0 atom stereocenters. The number of hydrogen-bond acceptors (Lipinski definition) is 5. The lowest BCUT2D eigenvalue weighted by molar-refractivity contribution is 0.0949. The first-order valence-electron chi connectivity index (χ1n) is 9.11. The zero-order valence-electron chi connectivity index (χ0n) is 16.5. The van der Waals surface area contributed by atoms with E-state index in [1.807, 2.05) is 10.6 Å². The lowest BCUT2D eigenvalue weighted by Crippen LogP contribution is -2.24. The summed E-state index contributed by atoms with van der Waals surface area (Å²) in [4.78, 5) is 12.5. The van der Waals surface area contributed by atoms with Crippen molar-refractivity contribution in [2.75, 3.05) is 12.9 Å². The number of nitrogens with one attached hydrogen (secondary N) is 1. The van der Waals surface area contributed by atoms with Gasteiger partial charge in [-0.05, 0) is 61.1 Å². The Balaban J connectivity index is 1.85. The first-order chi connectivity index (χ1) is 13.5. The van der Waals surface area contributed by atoms with Gasteiger partial charge in [0.2, 0.25) is 0 Å². The molecule has 3 rings (SSSR count). The standard InChI is InChI=1S/C21H24N4O2S/c1-5-28-21-24-23-19(25(21)18-8-6-7-14(2)15(18)3)13-22-20(26)16-9-11-17(27-4)12-10-16/h6-12H,5,13H2,1-4H3,(H,22,26). The SMILES string of the molecule is CCSc1nnc(CNC(=O)c2ccc(OC)cc2)n1-c1cccc(C)c1C. The summed E-state index contributed by atoms with van der Waals surface area (Å²) < 4.78 is 7.17. The molecule has 1 heterocycles. The molecule has 28 heavy (non-hydrogen) atoms. The molecule has 146 valence electrons. The van der Waals surface area contributed by atoms with E-state index in [0.29, 0.717) is 17.1 Å². The number of thioether (sulfide) groups is 1. The second-order valence-electron chi connectivity index (χ2n) is 6.30. The molecule has 7 heteroatoms. The van der Waals surface area contributed by atoms with Crippen LogP contribution >= 0.6 is 11.8 Å². The summed E-state index contributed by atoms with van der Waals surface area (Å²) in [5, 5.41) is 12.4. The maximum Gasteiger partial charge on any atom is 0.251 e. The third-order valence-corrected chi connectivity index (χ3v) is 5.36. The molecule has 0 saturated heterocycles. The first kappa shape index (κ1) is 19.9. The second kappa shape index (κ2) is 8.93. The Labute approximate surface area is 169 Å². The molecule has 1 amide bonds. The number of benzene rings is 2. The van der Waals surface area contributed by atoms with Gasteiger partial charge in [-0.3, -0.25) is 9.36 Å². The molecule has 0 aliphatic carbocycles. The number of amides is 1. The van der Waals surface area contributed by atoms with E-state index in [1.54, 1.807) is 43.1 Å². The smallest absolute Gasteiger partial charge is 0.251 e. The molecule has 0 spiro atoms. The van der Waals surface area contributed by atoms with Crippen molar-refractivity contribution in [1.82, 2.24) is 20.1 Å². The third-order valence-electron chi connectivity index (χ3n) is 4.55. The van der Waals surface area contributed by atoms with Crippen LogP contribution in [0.3, 0.4) is 0 Å². The van der Waals surface area contributed by atoms with Crippen LogP contribution in [0, 0.1) is 13.8 Å². The van der Waals surface area contributed by atoms with Gasteiger partial charge >= 0.3 is 0 Å². The average Bonchev–Trinajstić information content (AvgIpc) is 3.11. The molecular formula is C21H24N4O2S. The van der Waals surface area contributed by atoms with E-state index in [-0.39, 0.29) is 12.5 Å². The Hall–Kier alpha value is -2.80. The quantitative estimate of drug-likeness (QED) is 0.613. The number of carbonyl (C=O) groups is 1. The van der Waals surface area contributed by atoms with Crippen LogP contribution < -0.4 is 10.1 Å². The van der Waals surface area contributed by atoms with Crippen molar-refractivity contribution < 1.29 is 9.53 Å². The summed E-state index contributed by atoms with van der Waals surface area (Å²) in [6, 6.07) is 13.2. The highest BCUT2D eigenvalue weighted by molar-refractivity contribution is 7.99. The summed E-state index contributed by atoms with van der Waals surface area (Å²) in [5.41, 5.74) is 3.98. The number of carbonyl (C=O) groups excluding carboxylic acids is 1. The lowest BCUT2D eigenvalue weighted by Gasteiger charge is -2.14. The van der Waals surface area contributed by atoms with Crippen LogP contribution in [0.25, 0.3) is 5.69 Å². The zero-order valence-corrected chi connectivity index (χ0v) is 17.3. The average molecular weight is 397 g/mol. The van der Waals surface area contributed by atoms with Crippen LogP contribution in [-0.2, 0) is 6.54 Å². The Kier molecular flexibility index (Phi) is 6.36. The minimum atomic E-state index is -0.164. The van der Waals surface area contributed by atoms with Gasteiger partial charge in [0.1, 0.15) is 5.75 Å². The molecule has 0 aliphatic rings. The van der Waals surface area contributed by atoms with Gasteiger partial charge in [-0.1, -0.05) is 30.8 Å².